The molecule has 0 aromatic heterocycles. The lowest BCUT2D eigenvalue weighted by Gasteiger charge is -2.13. The monoisotopic (exact) mass is 200 g/mol. The molecule has 0 spiro atoms. The number of nitrogens with two attached hydrogens (primary N) is 1. The van der Waals surface area contributed by atoms with E-state index in [1.165, 1.54) is 12.2 Å². The van der Waals surface area contributed by atoms with Gasteiger partial charge in [0.15, 0.2) is 0 Å². The van der Waals surface area contributed by atoms with Crippen LogP contribution in [0.15, 0.2) is 0 Å². The van der Waals surface area contributed by atoms with Crippen molar-refractivity contribution >= 4 is 11.8 Å². The van der Waals surface area contributed by atoms with E-state index in [9.17, 15) is 0 Å². The highest BCUT2D eigenvalue weighted by molar-refractivity contribution is 7.99. The van der Waals surface area contributed by atoms with Crippen molar-refractivity contribution in [1.82, 2.24) is 5.43 Å². The molecule has 3 heteroatoms. The molecule has 3 N–H and O–H groups in total. The van der Waals surface area contributed by atoms with Gasteiger partial charge in [0.25, 0.3) is 0 Å². The van der Waals surface area contributed by atoms with E-state index in [4.69, 9.17) is 5.84 Å². The Kier molecular flexibility index (Phi) is 9.78. The second-order valence-electron chi connectivity index (χ2n) is 2.90. The van der Waals surface area contributed by atoms with Crippen LogP contribution in [0.5, 0.6) is 0 Å². The summed E-state index contributed by atoms with van der Waals surface area (Å²) in [5.41, 5.74) is 2.83. The summed E-state index contributed by atoms with van der Waals surface area (Å²) in [6.07, 6.45) is 3.23. The quantitative estimate of drug-likeness (QED) is 0.285. The van der Waals surface area contributed by atoms with E-state index in [0.717, 1.165) is 18.6 Å². The first-order valence-corrected chi connectivity index (χ1v) is 5.94. The first kappa shape index (κ1) is 12.8. The molecular formula is C10H20N2S. The summed E-state index contributed by atoms with van der Waals surface area (Å²) in [6, 6.07) is 0.414. The van der Waals surface area contributed by atoms with Gasteiger partial charge in [0, 0.05) is 18.2 Å². The molecule has 0 heterocycles. The maximum absolute atomic E-state index is 5.43. The second-order valence-corrected chi connectivity index (χ2v) is 4.05. The lowest BCUT2D eigenvalue weighted by atomic mass is 10.2. The Morgan fingerprint density at radius 3 is 2.85 bits per heavy atom. The van der Waals surface area contributed by atoms with Crippen molar-refractivity contribution in [2.45, 2.75) is 39.2 Å². The molecule has 0 saturated carbocycles. The zero-order valence-corrected chi connectivity index (χ0v) is 9.41. The summed E-state index contributed by atoms with van der Waals surface area (Å²) in [7, 11) is 0. The van der Waals surface area contributed by atoms with Crippen LogP contribution in [-0.4, -0.2) is 17.5 Å². The van der Waals surface area contributed by atoms with E-state index >= 15 is 0 Å². The third kappa shape index (κ3) is 8.17. The van der Waals surface area contributed by atoms with Crippen LogP contribution in [0.3, 0.4) is 0 Å². The molecule has 0 amide bonds. The Balaban J connectivity index is 3.43. The molecule has 0 aliphatic carbocycles. The van der Waals surface area contributed by atoms with Crippen LogP contribution >= 0.6 is 11.8 Å². The van der Waals surface area contributed by atoms with Crippen LogP contribution in [0, 0.1) is 11.8 Å². The van der Waals surface area contributed by atoms with Gasteiger partial charge < -0.3 is 0 Å². The van der Waals surface area contributed by atoms with Gasteiger partial charge in [-0.1, -0.05) is 6.92 Å². The van der Waals surface area contributed by atoms with Crippen molar-refractivity contribution in [3.63, 3.8) is 0 Å². The van der Waals surface area contributed by atoms with Crippen molar-refractivity contribution in [2.75, 3.05) is 11.5 Å². The van der Waals surface area contributed by atoms with Crippen molar-refractivity contribution in [2.24, 2.45) is 5.84 Å². The molecule has 0 aromatic rings. The molecule has 0 radical (unpaired) electrons. The van der Waals surface area contributed by atoms with Crippen LogP contribution in [0.1, 0.15) is 33.1 Å². The number of nitrogens with one attached hydrogen (secondary N) is 1. The fourth-order valence-electron chi connectivity index (χ4n) is 0.956. The predicted molar refractivity (Wildman–Crippen MR) is 61.4 cm³/mol. The maximum Gasteiger partial charge on any atom is 0.0310 e. The SMILES string of the molecule is CC#CCCC(CSCCC)NN. The van der Waals surface area contributed by atoms with Gasteiger partial charge in [-0.05, 0) is 25.5 Å². The first-order valence-electron chi connectivity index (χ1n) is 4.78. The standard InChI is InChI=1S/C10H20N2S/c1-3-5-6-7-10(12-11)9-13-8-4-2/h10,12H,4,6-9,11H2,1-2H3. The summed E-state index contributed by atoms with van der Waals surface area (Å²) in [5, 5.41) is 0. The Labute approximate surface area is 86.0 Å². The normalized spacial score (nSPS) is 11.9. The van der Waals surface area contributed by atoms with E-state index < -0.39 is 0 Å². The zero-order chi connectivity index (χ0) is 9.94. The Morgan fingerprint density at radius 2 is 2.31 bits per heavy atom. The Bertz CT molecular complexity index is 160. The van der Waals surface area contributed by atoms with E-state index in [1.54, 1.807) is 0 Å². The summed E-state index contributed by atoms with van der Waals surface area (Å²) >= 11 is 1.95. The van der Waals surface area contributed by atoms with Gasteiger partial charge in [-0.3, -0.25) is 11.3 Å². The Morgan fingerprint density at radius 1 is 1.54 bits per heavy atom. The van der Waals surface area contributed by atoms with Gasteiger partial charge in [-0.15, -0.1) is 11.8 Å². The minimum absolute atomic E-state index is 0.414. The molecule has 1 atom stereocenters. The molecule has 0 aliphatic rings. The summed E-state index contributed by atoms with van der Waals surface area (Å²) in [4.78, 5) is 0. The van der Waals surface area contributed by atoms with Gasteiger partial charge in [-0.2, -0.15) is 11.8 Å². The fourth-order valence-corrected chi connectivity index (χ4v) is 1.96. The fraction of sp³-hybridized carbons (Fsp3) is 0.800. The molecule has 0 saturated heterocycles. The highest BCUT2D eigenvalue weighted by atomic mass is 32.2. The first-order chi connectivity index (χ1) is 6.35. The van der Waals surface area contributed by atoms with Gasteiger partial charge in [0.2, 0.25) is 0 Å². The van der Waals surface area contributed by atoms with E-state index in [0.29, 0.717) is 6.04 Å². The predicted octanol–water partition coefficient (Wildman–Crippen LogP) is 1.76. The van der Waals surface area contributed by atoms with Crippen LogP contribution in [0.2, 0.25) is 0 Å². The molecule has 0 aliphatic heterocycles. The number of hydrogen-bond acceptors (Lipinski definition) is 3. The van der Waals surface area contributed by atoms with Crippen molar-refractivity contribution in [3.8, 4) is 11.8 Å². The third-order valence-electron chi connectivity index (χ3n) is 1.70. The maximum atomic E-state index is 5.43. The summed E-state index contributed by atoms with van der Waals surface area (Å²) in [6.45, 7) is 4.07. The van der Waals surface area contributed by atoms with Gasteiger partial charge in [0.1, 0.15) is 0 Å². The van der Waals surface area contributed by atoms with E-state index in [2.05, 4.69) is 24.2 Å². The minimum Gasteiger partial charge on any atom is -0.271 e. The summed E-state index contributed by atoms with van der Waals surface area (Å²) < 4.78 is 0. The lowest BCUT2D eigenvalue weighted by molar-refractivity contribution is 0.547. The number of thioether (sulfide) groups is 1. The van der Waals surface area contributed by atoms with Crippen LogP contribution in [0.25, 0.3) is 0 Å². The third-order valence-corrected chi connectivity index (χ3v) is 3.03. The average molecular weight is 200 g/mol. The van der Waals surface area contributed by atoms with E-state index in [-0.39, 0.29) is 0 Å². The van der Waals surface area contributed by atoms with Gasteiger partial charge in [-0.25, -0.2) is 0 Å². The molecule has 76 valence electrons. The van der Waals surface area contributed by atoms with Gasteiger partial charge in [0.05, 0.1) is 0 Å². The molecule has 13 heavy (non-hydrogen) atoms. The number of rotatable bonds is 7. The molecule has 2 nitrogen and oxygen atoms in total. The van der Waals surface area contributed by atoms with Crippen molar-refractivity contribution < 1.29 is 0 Å². The highest BCUT2D eigenvalue weighted by Gasteiger charge is 2.04. The second kappa shape index (κ2) is 9.91. The largest absolute Gasteiger partial charge is 0.271 e. The van der Waals surface area contributed by atoms with Crippen LogP contribution in [0.4, 0.5) is 0 Å². The lowest BCUT2D eigenvalue weighted by Crippen LogP contribution is -2.36. The van der Waals surface area contributed by atoms with Crippen molar-refractivity contribution in [1.29, 1.82) is 0 Å². The van der Waals surface area contributed by atoms with Crippen LogP contribution < -0.4 is 11.3 Å². The molecule has 0 rings (SSSR count). The molecule has 0 bridgehead atoms. The zero-order valence-electron chi connectivity index (χ0n) is 8.60. The Hall–Kier alpha value is -0.170. The van der Waals surface area contributed by atoms with E-state index in [1.807, 2.05) is 18.7 Å². The van der Waals surface area contributed by atoms with Gasteiger partial charge >= 0.3 is 0 Å². The summed E-state index contributed by atoms with van der Waals surface area (Å²) in [5.74, 6) is 13.7. The minimum atomic E-state index is 0.414. The topological polar surface area (TPSA) is 38.0 Å². The number of hydrogen-bond donors (Lipinski definition) is 2. The highest BCUT2D eigenvalue weighted by Crippen LogP contribution is 2.07. The molecule has 0 fully saturated rings. The van der Waals surface area contributed by atoms with Crippen LogP contribution in [-0.2, 0) is 0 Å². The molecular weight excluding hydrogens is 180 g/mol. The average Bonchev–Trinajstić information content (AvgIpc) is 2.16. The molecule has 0 aromatic carbocycles. The smallest absolute Gasteiger partial charge is 0.0310 e. The number of hydrazine groups is 1. The van der Waals surface area contributed by atoms with Crippen molar-refractivity contribution in [3.05, 3.63) is 0 Å². The molecule has 1 unspecified atom stereocenters.